The molecule has 1 aliphatic rings. The Labute approximate surface area is 112 Å². The zero-order chi connectivity index (χ0) is 14.3. The fourth-order valence-electron chi connectivity index (χ4n) is 1.39. The van der Waals surface area contributed by atoms with Crippen molar-refractivity contribution in [2.45, 2.75) is 13.8 Å². The van der Waals surface area contributed by atoms with Crippen molar-refractivity contribution in [3.63, 3.8) is 0 Å². The molecule has 0 aromatic rings. The summed E-state index contributed by atoms with van der Waals surface area (Å²) in [6.07, 6.45) is 4.99. The smallest absolute Gasteiger partial charge is 0.347 e. The van der Waals surface area contributed by atoms with Crippen LogP contribution in [0.2, 0.25) is 0 Å². The highest BCUT2D eigenvalue weighted by Crippen LogP contribution is 2.04. The number of nitrogens with zero attached hydrogens (tertiary/aromatic N) is 2. The maximum atomic E-state index is 11.7. The molecule has 1 heterocycles. The SMILES string of the molecule is CCOC(=O)C(=CNN1C=CCN1C)C(=O)OCC. The first-order valence-electron chi connectivity index (χ1n) is 6.07. The number of nitrogens with one attached hydrogen (secondary N) is 1. The first-order chi connectivity index (χ1) is 9.10. The summed E-state index contributed by atoms with van der Waals surface area (Å²) in [4.78, 5) is 23.3. The molecule has 106 valence electrons. The fourth-order valence-corrected chi connectivity index (χ4v) is 1.39. The van der Waals surface area contributed by atoms with Gasteiger partial charge >= 0.3 is 11.9 Å². The second kappa shape index (κ2) is 7.42. The van der Waals surface area contributed by atoms with Gasteiger partial charge in [-0.05, 0) is 19.9 Å². The van der Waals surface area contributed by atoms with E-state index in [4.69, 9.17) is 9.47 Å². The molecule has 0 aliphatic carbocycles. The van der Waals surface area contributed by atoms with Gasteiger partial charge in [-0.1, -0.05) is 0 Å². The standard InChI is InChI=1S/C12H19N3O4/c1-4-18-11(16)10(12(17)19-5-2)9-13-15-8-6-7-14(15)3/h6,8-9,13H,4-5,7H2,1-3H3. The van der Waals surface area contributed by atoms with Crippen molar-refractivity contribution in [3.8, 4) is 0 Å². The van der Waals surface area contributed by atoms with Gasteiger partial charge in [-0.25, -0.2) is 19.7 Å². The maximum absolute atomic E-state index is 11.7. The molecule has 0 unspecified atom stereocenters. The van der Waals surface area contributed by atoms with E-state index in [9.17, 15) is 9.59 Å². The summed E-state index contributed by atoms with van der Waals surface area (Å²) < 4.78 is 9.63. The van der Waals surface area contributed by atoms with Gasteiger partial charge in [-0.2, -0.15) is 0 Å². The van der Waals surface area contributed by atoms with Gasteiger partial charge in [0.15, 0.2) is 5.57 Å². The van der Waals surface area contributed by atoms with Crippen molar-refractivity contribution in [2.75, 3.05) is 26.8 Å². The Hall–Kier alpha value is -2.02. The number of likely N-dealkylation sites (N-methyl/N-ethyl adjacent to an activating group) is 1. The van der Waals surface area contributed by atoms with Crippen LogP contribution in [0.1, 0.15) is 13.8 Å². The minimum absolute atomic E-state index is 0.169. The quantitative estimate of drug-likeness (QED) is 0.319. The first kappa shape index (κ1) is 15.0. The topological polar surface area (TPSA) is 71.1 Å². The molecule has 0 aromatic heterocycles. The van der Waals surface area contributed by atoms with Crippen molar-refractivity contribution < 1.29 is 19.1 Å². The van der Waals surface area contributed by atoms with Crippen LogP contribution in [0.15, 0.2) is 24.0 Å². The molecule has 0 fully saturated rings. The Morgan fingerprint density at radius 2 is 1.84 bits per heavy atom. The summed E-state index contributed by atoms with van der Waals surface area (Å²) in [5, 5.41) is 3.49. The van der Waals surface area contributed by atoms with Crippen LogP contribution in [0.4, 0.5) is 0 Å². The average molecular weight is 269 g/mol. The van der Waals surface area contributed by atoms with Gasteiger partial charge in [0.1, 0.15) is 0 Å². The minimum Gasteiger partial charge on any atom is -0.462 e. The molecule has 19 heavy (non-hydrogen) atoms. The third-order valence-electron chi connectivity index (χ3n) is 2.32. The Bertz CT molecular complexity index is 372. The Morgan fingerprint density at radius 1 is 1.26 bits per heavy atom. The molecule has 1 rings (SSSR count). The Balaban J connectivity index is 2.74. The molecule has 0 saturated heterocycles. The summed E-state index contributed by atoms with van der Waals surface area (Å²) in [6.45, 7) is 4.48. The van der Waals surface area contributed by atoms with Crippen LogP contribution in [0.5, 0.6) is 0 Å². The van der Waals surface area contributed by atoms with E-state index in [1.807, 2.05) is 18.1 Å². The number of hydrazine groups is 2. The third kappa shape index (κ3) is 4.29. The predicted molar refractivity (Wildman–Crippen MR) is 68.1 cm³/mol. The normalized spacial score (nSPS) is 14.2. The minimum atomic E-state index is -0.709. The van der Waals surface area contributed by atoms with Crippen molar-refractivity contribution in [2.24, 2.45) is 0 Å². The largest absolute Gasteiger partial charge is 0.462 e. The zero-order valence-electron chi connectivity index (χ0n) is 11.4. The van der Waals surface area contributed by atoms with E-state index in [1.165, 1.54) is 6.20 Å². The van der Waals surface area contributed by atoms with E-state index in [1.54, 1.807) is 25.2 Å². The summed E-state index contributed by atoms with van der Waals surface area (Å²) in [7, 11) is 1.86. The summed E-state index contributed by atoms with van der Waals surface area (Å²) in [5.41, 5.74) is 2.65. The molecule has 0 radical (unpaired) electrons. The second-order valence-electron chi connectivity index (χ2n) is 3.70. The van der Waals surface area contributed by atoms with Crippen LogP contribution in [-0.4, -0.2) is 48.9 Å². The van der Waals surface area contributed by atoms with Crippen LogP contribution in [0, 0.1) is 0 Å². The first-order valence-corrected chi connectivity index (χ1v) is 6.07. The predicted octanol–water partition coefficient (Wildman–Crippen LogP) is 0.177. The molecular weight excluding hydrogens is 250 g/mol. The van der Waals surface area contributed by atoms with Gasteiger partial charge in [0.05, 0.1) is 13.2 Å². The molecule has 1 N–H and O–H groups in total. The van der Waals surface area contributed by atoms with Gasteiger partial charge in [0, 0.05) is 26.0 Å². The molecule has 0 aromatic carbocycles. The van der Waals surface area contributed by atoms with Crippen molar-refractivity contribution >= 4 is 11.9 Å². The number of rotatable bonds is 6. The van der Waals surface area contributed by atoms with E-state index in [2.05, 4.69) is 5.43 Å². The van der Waals surface area contributed by atoms with E-state index >= 15 is 0 Å². The highest BCUT2D eigenvalue weighted by Gasteiger charge is 2.21. The number of ether oxygens (including phenoxy) is 2. The van der Waals surface area contributed by atoms with E-state index < -0.39 is 11.9 Å². The van der Waals surface area contributed by atoms with E-state index in [0.717, 1.165) is 6.54 Å². The lowest BCUT2D eigenvalue weighted by molar-refractivity contribution is -0.146. The summed E-state index contributed by atoms with van der Waals surface area (Å²) >= 11 is 0. The molecule has 0 amide bonds. The van der Waals surface area contributed by atoms with Gasteiger partial charge in [0.25, 0.3) is 0 Å². The maximum Gasteiger partial charge on any atom is 0.347 e. The molecule has 7 heteroatoms. The van der Waals surface area contributed by atoms with Crippen molar-refractivity contribution in [1.82, 2.24) is 15.6 Å². The lowest BCUT2D eigenvalue weighted by atomic mass is 10.3. The number of hydrogen-bond donors (Lipinski definition) is 1. The Kier molecular flexibility index (Phi) is 5.87. The van der Waals surface area contributed by atoms with Crippen LogP contribution in [0.3, 0.4) is 0 Å². The highest BCUT2D eigenvalue weighted by atomic mass is 16.6. The molecule has 0 bridgehead atoms. The average Bonchev–Trinajstić information content (AvgIpc) is 2.76. The highest BCUT2D eigenvalue weighted by molar-refractivity contribution is 6.13. The van der Waals surface area contributed by atoms with Crippen LogP contribution in [-0.2, 0) is 19.1 Å². The summed E-state index contributed by atoms with van der Waals surface area (Å²) in [6, 6.07) is 0. The van der Waals surface area contributed by atoms with E-state index in [-0.39, 0.29) is 18.8 Å². The third-order valence-corrected chi connectivity index (χ3v) is 2.32. The van der Waals surface area contributed by atoms with E-state index in [0.29, 0.717) is 0 Å². The lowest BCUT2D eigenvalue weighted by Crippen LogP contribution is -2.40. The van der Waals surface area contributed by atoms with Gasteiger partial charge in [-0.3, -0.25) is 5.43 Å². The molecule has 1 aliphatic heterocycles. The fraction of sp³-hybridized carbons (Fsp3) is 0.500. The zero-order valence-corrected chi connectivity index (χ0v) is 11.4. The van der Waals surface area contributed by atoms with Crippen LogP contribution >= 0.6 is 0 Å². The number of hydrogen-bond acceptors (Lipinski definition) is 7. The Morgan fingerprint density at radius 3 is 2.26 bits per heavy atom. The van der Waals surface area contributed by atoms with Crippen LogP contribution < -0.4 is 5.43 Å². The van der Waals surface area contributed by atoms with Crippen molar-refractivity contribution in [3.05, 3.63) is 24.0 Å². The van der Waals surface area contributed by atoms with Gasteiger partial charge < -0.3 is 9.47 Å². The molecular formula is C12H19N3O4. The molecule has 0 saturated carbocycles. The van der Waals surface area contributed by atoms with Gasteiger partial charge in [0.2, 0.25) is 0 Å². The van der Waals surface area contributed by atoms with Crippen LogP contribution in [0.25, 0.3) is 0 Å². The monoisotopic (exact) mass is 269 g/mol. The lowest BCUT2D eigenvalue weighted by Gasteiger charge is -2.24. The number of esters is 2. The van der Waals surface area contributed by atoms with Gasteiger partial charge in [-0.15, -0.1) is 0 Å². The molecule has 7 nitrogen and oxygen atoms in total. The number of carbonyl (C=O) groups is 2. The molecule has 0 atom stereocenters. The summed E-state index contributed by atoms with van der Waals surface area (Å²) in [5.74, 6) is -1.42. The number of carbonyl (C=O) groups excluding carboxylic acids is 2. The van der Waals surface area contributed by atoms with Crippen molar-refractivity contribution in [1.29, 1.82) is 0 Å². The second-order valence-corrected chi connectivity index (χ2v) is 3.70. The molecule has 0 spiro atoms.